The standard InChI is InChI=1S/C50H33N3/c1-2-13-35(14-3-1)52-46-24-11-9-22-44(46)51-49(52)33-27-25-32(26-28-33)34-29-30-42-47(31-34)53-45-23-10-6-17-38(45)39-18-12-21-43(48(39)53)50(42)40-19-7-4-15-36(40)37-16-5-8-20-41(37)50/h1-31,44,46H. The summed E-state index contributed by atoms with van der Waals surface area (Å²) in [4.78, 5) is 7.63. The topological polar surface area (TPSA) is 20.5 Å². The van der Waals surface area contributed by atoms with E-state index < -0.39 is 5.41 Å². The number of amidine groups is 1. The van der Waals surface area contributed by atoms with Gasteiger partial charge in [-0.05, 0) is 68.8 Å². The number of fused-ring (bicyclic) bond motifs is 13. The first kappa shape index (κ1) is 28.9. The molecule has 3 heterocycles. The fourth-order valence-corrected chi connectivity index (χ4v) is 9.94. The lowest BCUT2D eigenvalue weighted by atomic mass is 9.65. The van der Waals surface area contributed by atoms with Crippen molar-refractivity contribution in [2.24, 2.45) is 4.99 Å². The monoisotopic (exact) mass is 675 g/mol. The number of hydrogen-bond acceptors (Lipinski definition) is 2. The number of anilines is 1. The Morgan fingerprint density at radius 1 is 0.491 bits per heavy atom. The van der Waals surface area contributed by atoms with E-state index in [1.807, 2.05) is 0 Å². The van der Waals surface area contributed by atoms with E-state index in [2.05, 4.69) is 198 Å². The van der Waals surface area contributed by atoms with Crippen LogP contribution in [0.15, 0.2) is 193 Å². The highest BCUT2D eigenvalue weighted by Crippen LogP contribution is 2.61. The molecule has 2 unspecified atom stereocenters. The molecule has 0 bridgehead atoms. The zero-order valence-corrected chi connectivity index (χ0v) is 28.9. The predicted octanol–water partition coefficient (Wildman–Crippen LogP) is 11.3. The van der Waals surface area contributed by atoms with Crippen molar-refractivity contribution >= 4 is 33.3 Å². The van der Waals surface area contributed by atoms with Crippen LogP contribution in [-0.2, 0) is 5.41 Å². The van der Waals surface area contributed by atoms with Gasteiger partial charge in [0, 0.05) is 22.0 Å². The maximum Gasteiger partial charge on any atom is 0.136 e. The fourth-order valence-electron chi connectivity index (χ4n) is 9.94. The Morgan fingerprint density at radius 2 is 1.13 bits per heavy atom. The van der Waals surface area contributed by atoms with Gasteiger partial charge in [0.25, 0.3) is 0 Å². The molecule has 4 aliphatic rings. The lowest BCUT2D eigenvalue weighted by molar-refractivity contribution is 0.739. The van der Waals surface area contributed by atoms with Gasteiger partial charge in [-0.2, -0.15) is 0 Å². The van der Waals surface area contributed by atoms with Crippen LogP contribution in [0, 0.1) is 0 Å². The zero-order valence-electron chi connectivity index (χ0n) is 28.9. The molecule has 0 saturated heterocycles. The summed E-state index contributed by atoms with van der Waals surface area (Å²) in [6, 6.07) is 61.1. The highest BCUT2D eigenvalue weighted by atomic mass is 15.3. The maximum atomic E-state index is 5.24. The summed E-state index contributed by atoms with van der Waals surface area (Å²) in [7, 11) is 0. The van der Waals surface area contributed by atoms with Gasteiger partial charge in [0.15, 0.2) is 0 Å². The average Bonchev–Trinajstić information content (AvgIpc) is 3.88. The second-order valence-corrected chi connectivity index (χ2v) is 14.6. The van der Waals surface area contributed by atoms with Gasteiger partial charge in [0.2, 0.25) is 0 Å². The number of hydrogen-bond donors (Lipinski definition) is 0. The van der Waals surface area contributed by atoms with E-state index in [9.17, 15) is 0 Å². The van der Waals surface area contributed by atoms with Crippen LogP contribution in [0.25, 0.3) is 49.7 Å². The minimum absolute atomic E-state index is 0.102. The summed E-state index contributed by atoms with van der Waals surface area (Å²) in [5, 5.41) is 2.58. The molecule has 1 aromatic heterocycles. The van der Waals surface area contributed by atoms with Gasteiger partial charge in [-0.3, -0.25) is 4.99 Å². The van der Waals surface area contributed by atoms with Gasteiger partial charge < -0.3 is 9.47 Å². The van der Waals surface area contributed by atoms with E-state index in [-0.39, 0.29) is 12.1 Å². The molecule has 12 rings (SSSR count). The SMILES string of the molecule is C1=CC2N=C(c3ccc(-c4ccc5c(c4)-n4c6ccccc6c6cccc(c64)C54c5ccccc5-c5ccccc54)cc3)N(c3ccccc3)C2C=C1. The van der Waals surface area contributed by atoms with E-state index in [4.69, 9.17) is 4.99 Å². The Morgan fingerprint density at radius 3 is 1.94 bits per heavy atom. The van der Waals surface area contributed by atoms with Crippen molar-refractivity contribution in [2.75, 3.05) is 4.90 Å². The van der Waals surface area contributed by atoms with E-state index in [1.165, 1.54) is 72.0 Å². The largest absolute Gasteiger partial charge is 0.317 e. The molecule has 7 aromatic carbocycles. The molecular formula is C50H33N3. The van der Waals surface area contributed by atoms with Crippen LogP contribution >= 0.6 is 0 Å². The lowest BCUT2D eigenvalue weighted by Crippen LogP contribution is -2.39. The van der Waals surface area contributed by atoms with Crippen LogP contribution in [0.3, 0.4) is 0 Å². The molecule has 53 heavy (non-hydrogen) atoms. The van der Waals surface area contributed by atoms with Crippen LogP contribution in [0.4, 0.5) is 5.69 Å². The van der Waals surface area contributed by atoms with Crippen LogP contribution in [-0.4, -0.2) is 22.5 Å². The maximum absolute atomic E-state index is 5.24. The third-order valence-corrected chi connectivity index (χ3v) is 12.1. The van der Waals surface area contributed by atoms with E-state index in [0.29, 0.717) is 0 Å². The number of aromatic nitrogens is 1. The molecule has 0 radical (unpaired) electrons. The van der Waals surface area contributed by atoms with Gasteiger partial charge in [-0.1, -0.05) is 164 Å². The van der Waals surface area contributed by atoms with Crippen LogP contribution in [0.5, 0.6) is 0 Å². The molecule has 0 amide bonds. The fraction of sp³-hybridized carbons (Fsp3) is 0.0600. The second kappa shape index (κ2) is 10.7. The summed E-state index contributed by atoms with van der Waals surface area (Å²) in [5.74, 6) is 1.01. The van der Waals surface area contributed by atoms with Crippen molar-refractivity contribution in [2.45, 2.75) is 17.5 Å². The molecule has 3 heteroatoms. The zero-order chi connectivity index (χ0) is 34.7. The molecule has 2 aliphatic carbocycles. The minimum atomic E-state index is -0.435. The Labute approximate surface area is 308 Å². The third-order valence-electron chi connectivity index (χ3n) is 12.1. The normalized spacial score (nSPS) is 18.3. The van der Waals surface area contributed by atoms with Crippen LogP contribution in [0.1, 0.15) is 27.8 Å². The predicted molar refractivity (Wildman–Crippen MR) is 218 cm³/mol. The van der Waals surface area contributed by atoms with Gasteiger partial charge in [-0.15, -0.1) is 0 Å². The van der Waals surface area contributed by atoms with Crippen LogP contribution in [0.2, 0.25) is 0 Å². The van der Waals surface area contributed by atoms with Crippen molar-refractivity contribution < 1.29 is 0 Å². The molecule has 8 aromatic rings. The smallest absolute Gasteiger partial charge is 0.136 e. The van der Waals surface area contributed by atoms with E-state index >= 15 is 0 Å². The summed E-state index contributed by atoms with van der Waals surface area (Å²) >= 11 is 0. The first-order valence-corrected chi connectivity index (χ1v) is 18.6. The number of nitrogens with zero attached hydrogens (tertiary/aromatic N) is 3. The van der Waals surface area contributed by atoms with Crippen LogP contribution < -0.4 is 4.90 Å². The van der Waals surface area contributed by atoms with Crippen molar-refractivity contribution in [3.05, 3.63) is 216 Å². The Bertz CT molecular complexity index is 2860. The van der Waals surface area contributed by atoms with Crippen molar-refractivity contribution in [3.8, 4) is 27.9 Å². The molecule has 1 spiro atoms. The van der Waals surface area contributed by atoms with Crippen molar-refractivity contribution in [3.63, 3.8) is 0 Å². The highest BCUT2D eigenvalue weighted by Gasteiger charge is 2.50. The van der Waals surface area contributed by atoms with E-state index in [1.54, 1.807) is 0 Å². The Kier molecular flexibility index (Phi) is 5.82. The number of aliphatic imine (C=N–C) groups is 1. The highest BCUT2D eigenvalue weighted by molar-refractivity contribution is 6.14. The molecule has 0 saturated carbocycles. The van der Waals surface area contributed by atoms with Gasteiger partial charge in [-0.25, -0.2) is 0 Å². The minimum Gasteiger partial charge on any atom is -0.317 e. The molecule has 0 fully saturated rings. The molecule has 248 valence electrons. The van der Waals surface area contributed by atoms with E-state index in [0.717, 1.165) is 17.1 Å². The number of para-hydroxylation sites is 3. The average molecular weight is 676 g/mol. The van der Waals surface area contributed by atoms with Crippen molar-refractivity contribution in [1.29, 1.82) is 0 Å². The van der Waals surface area contributed by atoms with Crippen molar-refractivity contribution in [1.82, 2.24) is 4.57 Å². The number of benzene rings is 7. The van der Waals surface area contributed by atoms with Gasteiger partial charge in [0.1, 0.15) is 5.84 Å². The quantitative estimate of drug-likeness (QED) is 0.183. The number of rotatable bonds is 3. The molecular weight excluding hydrogens is 643 g/mol. The molecule has 0 N–H and O–H groups in total. The van der Waals surface area contributed by atoms with Gasteiger partial charge >= 0.3 is 0 Å². The molecule has 3 nitrogen and oxygen atoms in total. The van der Waals surface area contributed by atoms with Gasteiger partial charge in [0.05, 0.1) is 34.2 Å². The Hall–Kier alpha value is -6.71. The summed E-state index contributed by atoms with van der Waals surface area (Å²) in [6.45, 7) is 0. The molecule has 2 aliphatic heterocycles. The summed E-state index contributed by atoms with van der Waals surface area (Å²) in [5.41, 5.74) is 16.0. The molecule has 2 atom stereocenters. The Balaban J connectivity index is 1.06. The first-order chi connectivity index (χ1) is 26.3. The summed E-state index contributed by atoms with van der Waals surface area (Å²) < 4.78 is 2.54. The second-order valence-electron chi connectivity index (χ2n) is 14.6. The third kappa shape index (κ3) is 3.76. The first-order valence-electron chi connectivity index (χ1n) is 18.6. The number of allylic oxidation sites excluding steroid dienone is 2. The summed E-state index contributed by atoms with van der Waals surface area (Å²) in [6.07, 6.45) is 8.73. The lowest BCUT2D eigenvalue weighted by Gasteiger charge is -2.39.